The second kappa shape index (κ2) is 6.93. The lowest BCUT2D eigenvalue weighted by molar-refractivity contribution is -0.140. The number of rotatable bonds is 6. The van der Waals surface area contributed by atoms with Crippen LogP contribution in [0.25, 0.3) is 0 Å². The predicted molar refractivity (Wildman–Crippen MR) is 66.0 cm³/mol. The van der Waals surface area contributed by atoms with Gasteiger partial charge in [-0.3, -0.25) is 9.69 Å². The normalized spacial score (nSPS) is 25.5. The molecule has 1 aliphatic rings. The van der Waals surface area contributed by atoms with Gasteiger partial charge in [-0.1, -0.05) is 12.8 Å². The molecular weight excluding hydrogens is 220 g/mol. The fourth-order valence-corrected chi connectivity index (χ4v) is 2.38. The molecule has 2 atom stereocenters. The van der Waals surface area contributed by atoms with Crippen molar-refractivity contribution in [3.05, 3.63) is 0 Å². The molecule has 0 bridgehead atoms. The van der Waals surface area contributed by atoms with E-state index in [0.717, 1.165) is 32.2 Å². The molecule has 17 heavy (non-hydrogen) atoms. The molecule has 100 valence electrons. The first-order valence-corrected chi connectivity index (χ1v) is 6.29. The molecule has 1 rings (SSSR count). The Hall–Kier alpha value is -0.650. The van der Waals surface area contributed by atoms with Crippen LogP contribution in [0.5, 0.6) is 0 Å². The summed E-state index contributed by atoms with van der Waals surface area (Å²) in [7, 11) is 3.94. The third-order valence-electron chi connectivity index (χ3n) is 3.34. The number of hydrogen-bond donors (Lipinski definition) is 2. The van der Waals surface area contributed by atoms with E-state index in [4.69, 9.17) is 5.11 Å². The number of likely N-dealkylation sites (N-methyl/N-ethyl adjacent to an activating group) is 1. The maximum absolute atomic E-state index is 10.9. The molecule has 0 aromatic rings. The zero-order valence-electron chi connectivity index (χ0n) is 10.8. The number of carboxylic acid groups (broad SMARTS) is 1. The summed E-state index contributed by atoms with van der Waals surface area (Å²) < 4.78 is 0. The first-order chi connectivity index (χ1) is 8.00. The van der Waals surface area contributed by atoms with E-state index in [0.29, 0.717) is 6.54 Å². The fraction of sp³-hybridized carbons (Fsp3) is 0.917. The molecule has 0 amide bonds. The van der Waals surface area contributed by atoms with Gasteiger partial charge in [0, 0.05) is 19.1 Å². The van der Waals surface area contributed by atoms with Crippen molar-refractivity contribution in [1.29, 1.82) is 0 Å². The molecule has 0 spiro atoms. The Labute approximate surface area is 103 Å². The van der Waals surface area contributed by atoms with Gasteiger partial charge in [0.05, 0.1) is 12.6 Å². The molecule has 0 aromatic carbocycles. The zero-order chi connectivity index (χ0) is 12.8. The number of hydrogen-bond acceptors (Lipinski definition) is 4. The molecule has 1 aliphatic carbocycles. The molecule has 5 nitrogen and oxygen atoms in total. The number of carbonyl (C=O) groups is 1. The molecule has 2 N–H and O–H groups in total. The van der Waals surface area contributed by atoms with Crippen LogP contribution in [0.3, 0.4) is 0 Å². The summed E-state index contributed by atoms with van der Waals surface area (Å²) in [6.45, 7) is 1.53. The second-order valence-corrected chi connectivity index (χ2v) is 5.09. The van der Waals surface area contributed by atoms with Crippen molar-refractivity contribution in [2.75, 3.05) is 33.7 Å². The first kappa shape index (κ1) is 14.4. The van der Waals surface area contributed by atoms with Crippen molar-refractivity contribution < 1.29 is 15.0 Å². The van der Waals surface area contributed by atoms with E-state index < -0.39 is 5.97 Å². The van der Waals surface area contributed by atoms with Gasteiger partial charge in [-0.15, -0.1) is 0 Å². The minimum absolute atomic E-state index is 0.0137. The maximum Gasteiger partial charge on any atom is 0.317 e. The van der Waals surface area contributed by atoms with Crippen LogP contribution in [-0.2, 0) is 4.79 Å². The Kier molecular flexibility index (Phi) is 5.88. The minimum atomic E-state index is -0.818. The second-order valence-electron chi connectivity index (χ2n) is 5.09. The van der Waals surface area contributed by atoms with Crippen molar-refractivity contribution >= 4 is 5.97 Å². The average Bonchev–Trinajstić information content (AvgIpc) is 2.24. The van der Waals surface area contributed by atoms with Gasteiger partial charge in [0.15, 0.2) is 0 Å². The Morgan fingerprint density at radius 3 is 2.41 bits per heavy atom. The highest BCUT2D eigenvalue weighted by Crippen LogP contribution is 2.23. The van der Waals surface area contributed by atoms with Gasteiger partial charge in [0.2, 0.25) is 0 Å². The molecule has 0 heterocycles. The van der Waals surface area contributed by atoms with E-state index in [9.17, 15) is 9.90 Å². The van der Waals surface area contributed by atoms with E-state index in [2.05, 4.69) is 0 Å². The molecule has 0 aromatic heterocycles. The van der Waals surface area contributed by atoms with Gasteiger partial charge < -0.3 is 15.1 Å². The molecule has 0 aliphatic heterocycles. The summed E-state index contributed by atoms with van der Waals surface area (Å²) in [5.74, 6) is -0.818. The quantitative estimate of drug-likeness (QED) is 0.700. The van der Waals surface area contributed by atoms with Crippen molar-refractivity contribution in [1.82, 2.24) is 9.80 Å². The highest BCUT2D eigenvalue weighted by atomic mass is 16.4. The highest BCUT2D eigenvalue weighted by molar-refractivity contribution is 5.69. The van der Waals surface area contributed by atoms with Gasteiger partial charge in [0.1, 0.15) is 0 Å². The van der Waals surface area contributed by atoms with Crippen LogP contribution in [-0.4, -0.2) is 71.9 Å². The zero-order valence-corrected chi connectivity index (χ0v) is 10.8. The summed E-state index contributed by atoms with van der Waals surface area (Å²) in [6.07, 6.45) is 3.46. The Balaban J connectivity index is 2.56. The predicted octanol–water partition coefficient (Wildman–Crippen LogP) is 0.238. The van der Waals surface area contributed by atoms with Crippen LogP contribution in [0.1, 0.15) is 25.7 Å². The van der Waals surface area contributed by atoms with E-state index in [1.165, 1.54) is 0 Å². The van der Waals surface area contributed by atoms with Gasteiger partial charge in [-0.2, -0.15) is 0 Å². The van der Waals surface area contributed by atoms with Gasteiger partial charge in [-0.25, -0.2) is 0 Å². The number of aliphatic hydroxyl groups excluding tert-OH is 1. The van der Waals surface area contributed by atoms with Gasteiger partial charge >= 0.3 is 5.97 Å². The number of aliphatic carboxylic acids is 1. The van der Waals surface area contributed by atoms with E-state index in [-0.39, 0.29) is 18.7 Å². The Bertz CT molecular complexity index is 246. The van der Waals surface area contributed by atoms with Crippen LogP contribution in [0.2, 0.25) is 0 Å². The molecule has 2 unspecified atom stereocenters. The molecule has 0 radical (unpaired) electrons. The molecule has 0 saturated heterocycles. The smallest absolute Gasteiger partial charge is 0.317 e. The number of carboxylic acids is 1. The third kappa shape index (κ3) is 5.02. The highest BCUT2D eigenvalue weighted by Gasteiger charge is 2.29. The van der Waals surface area contributed by atoms with Crippen LogP contribution in [0.4, 0.5) is 0 Å². The molecule has 1 saturated carbocycles. The van der Waals surface area contributed by atoms with Gasteiger partial charge in [0.25, 0.3) is 0 Å². The standard InChI is InChI=1S/C12H24N2O3/c1-13(2)7-8-14(9-12(16)17)10-5-3-4-6-11(10)15/h10-11,15H,3-9H2,1-2H3,(H,16,17). The maximum atomic E-state index is 10.9. The SMILES string of the molecule is CN(C)CCN(CC(=O)O)C1CCCCC1O. The van der Waals surface area contributed by atoms with E-state index in [1.807, 2.05) is 23.9 Å². The monoisotopic (exact) mass is 244 g/mol. The van der Waals surface area contributed by atoms with E-state index >= 15 is 0 Å². The fourth-order valence-electron chi connectivity index (χ4n) is 2.38. The lowest BCUT2D eigenvalue weighted by atomic mass is 9.91. The van der Waals surface area contributed by atoms with Crippen LogP contribution < -0.4 is 0 Å². The van der Waals surface area contributed by atoms with Crippen molar-refractivity contribution in [2.45, 2.75) is 37.8 Å². The van der Waals surface area contributed by atoms with E-state index in [1.54, 1.807) is 0 Å². The Morgan fingerprint density at radius 1 is 1.24 bits per heavy atom. The topological polar surface area (TPSA) is 64.0 Å². The van der Waals surface area contributed by atoms with Crippen LogP contribution >= 0.6 is 0 Å². The van der Waals surface area contributed by atoms with Gasteiger partial charge in [-0.05, 0) is 26.9 Å². The van der Waals surface area contributed by atoms with Crippen LogP contribution in [0.15, 0.2) is 0 Å². The number of aliphatic hydroxyl groups is 1. The first-order valence-electron chi connectivity index (χ1n) is 6.29. The molecule has 1 fully saturated rings. The lowest BCUT2D eigenvalue weighted by Crippen LogP contribution is -2.49. The number of nitrogens with zero attached hydrogens (tertiary/aromatic N) is 2. The summed E-state index contributed by atoms with van der Waals surface area (Å²) in [4.78, 5) is 14.8. The average molecular weight is 244 g/mol. The summed E-state index contributed by atoms with van der Waals surface area (Å²) in [6, 6.07) is 0.0137. The van der Waals surface area contributed by atoms with Crippen LogP contribution in [0, 0.1) is 0 Å². The third-order valence-corrected chi connectivity index (χ3v) is 3.34. The molecular formula is C12H24N2O3. The Morgan fingerprint density at radius 2 is 1.88 bits per heavy atom. The lowest BCUT2D eigenvalue weighted by Gasteiger charge is -2.37. The summed E-state index contributed by atoms with van der Waals surface area (Å²) >= 11 is 0. The summed E-state index contributed by atoms with van der Waals surface area (Å²) in [5.41, 5.74) is 0. The van der Waals surface area contributed by atoms with Crippen molar-refractivity contribution in [3.63, 3.8) is 0 Å². The van der Waals surface area contributed by atoms with Crippen molar-refractivity contribution in [3.8, 4) is 0 Å². The molecule has 5 heteroatoms. The largest absolute Gasteiger partial charge is 0.480 e. The van der Waals surface area contributed by atoms with Crippen molar-refractivity contribution in [2.24, 2.45) is 0 Å². The summed E-state index contributed by atoms with van der Waals surface area (Å²) in [5, 5.41) is 18.9. The minimum Gasteiger partial charge on any atom is -0.480 e.